The van der Waals surface area contributed by atoms with Crippen LogP contribution in [0.25, 0.3) is 9.65 Å². The van der Waals surface area contributed by atoms with Gasteiger partial charge in [0.1, 0.15) is 0 Å². The summed E-state index contributed by atoms with van der Waals surface area (Å²) in [5.74, 6) is -0.406. The van der Waals surface area contributed by atoms with Crippen LogP contribution in [0.5, 0.6) is 11.5 Å². The molecule has 23 heavy (non-hydrogen) atoms. The van der Waals surface area contributed by atoms with Gasteiger partial charge in [-0.15, -0.1) is 0 Å². The summed E-state index contributed by atoms with van der Waals surface area (Å²) in [6.45, 7) is 5.43. The van der Waals surface area contributed by atoms with Crippen molar-refractivity contribution < 1.29 is 24.2 Å². The van der Waals surface area contributed by atoms with Gasteiger partial charge in [0.05, 0.1) is 0 Å². The van der Waals surface area contributed by atoms with Gasteiger partial charge in [0, 0.05) is 0 Å². The molecule has 2 aromatic rings. The van der Waals surface area contributed by atoms with E-state index >= 15 is 0 Å². The van der Waals surface area contributed by atoms with Gasteiger partial charge in [0.25, 0.3) is 0 Å². The zero-order valence-electron chi connectivity index (χ0n) is 13.6. The number of hydrogen-bond acceptors (Lipinski definition) is 4. The van der Waals surface area contributed by atoms with Crippen LogP contribution in [-0.2, 0) is 4.79 Å². The number of aliphatic carboxylic acids is 1. The van der Waals surface area contributed by atoms with Crippen LogP contribution in [0.15, 0.2) is 18.2 Å². The molecular formula is C17H20O5Se. The van der Waals surface area contributed by atoms with E-state index in [1.54, 1.807) is 14.0 Å². The predicted molar refractivity (Wildman–Crippen MR) is 89.0 cm³/mol. The van der Waals surface area contributed by atoms with Gasteiger partial charge in [-0.1, -0.05) is 0 Å². The predicted octanol–water partition coefficient (Wildman–Crippen LogP) is 2.99. The topological polar surface area (TPSA) is 72.8 Å². The van der Waals surface area contributed by atoms with Crippen molar-refractivity contribution in [1.82, 2.24) is 0 Å². The molecule has 1 unspecified atom stereocenters. The second-order valence-electron chi connectivity index (χ2n) is 5.68. The quantitative estimate of drug-likeness (QED) is 0.588. The summed E-state index contributed by atoms with van der Waals surface area (Å²) in [6, 6.07) is 5.64. The zero-order chi connectivity index (χ0) is 17.1. The van der Waals surface area contributed by atoms with E-state index in [1.165, 1.54) is 0 Å². The van der Waals surface area contributed by atoms with Gasteiger partial charge >= 0.3 is 141 Å². The van der Waals surface area contributed by atoms with Crippen molar-refractivity contribution in [1.29, 1.82) is 0 Å². The average Bonchev–Trinajstić information content (AvgIpc) is 2.88. The van der Waals surface area contributed by atoms with E-state index in [4.69, 9.17) is 14.6 Å². The molecule has 1 aromatic heterocycles. The van der Waals surface area contributed by atoms with Gasteiger partial charge in [-0.2, -0.15) is 0 Å². The standard InChI is InChI=1S/C17H20O5Se/c1-9(2)22-14-6-11-7-16(12(18)5-10(3)17(19)20)23-15(11)8-13(14)21-4/h6-10H,5H2,1-4H3,(H,19,20). The molecule has 124 valence electrons. The Morgan fingerprint density at radius 1 is 1.17 bits per heavy atom. The number of rotatable bonds is 7. The minimum absolute atomic E-state index is 0.0235. The summed E-state index contributed by atoms with van der Waals surface area (Å²) in [4.78, 5) is 23.2. The summed E-state index contributed by atoms with van der Waals surface area (Å²) >= 11 is -0.131. The second-order valence-corrected chi connectivity index (χ2v) is 7.96. The molecule has 6 heteroatoms. The normalized spacial score (nSPS) is 12.4. The fourth-order valence-electron chi connectivity index (χ4n) is 2.16. The Morgan fingerprint density at radius 3 is 2.43 bits per heavy atom. The van der Waals surface area contributed by atoms with Gasteiger partial charge in [-0.05, 0) is 0 Å². The zero-order valence-corrected chi connectivity index (χ0v) is 15.3. The van der Waals surface area contributed by atoms with Crippen molar-refractivity contribution in [3.8, 4) is 11.5 Å². The van der Waals surface area contributed by atoms with E-state index in [1.807, 2.05) is 32.0 Å². The molecule has 0 aliphatic rings. The first-order valence-electron chi connectivity index (χ1n) is 7.36. The molecule has 0 radical (unpaired) electrons. The van der Waals surface area contributed by atoms with E-state index in [0.717, 1.165) is 9.65 Å². The molecule has 1 N–H and O–H groups in total. The van der Waals surface area contributed by atoms with Crippen LogP contribution in [0, 0.1) is 5.92 Å². The Bertz CT molecular complexity index is 732. The molecule has 0 bridgehead atoms. The Morgan fingerprint density at radius 2 is 1.87 bits per heavy atom. The second kappa shape index (κ2) is 7.19. The third kappa shape index (κ3) is 4.15. The summed E-state index contributed by atoms with van der Waals surface area (Å²) in [7, 11) is 1.59. The van der Waals surface area contributed by atoms with Gasteiger partial charge in [0.15, 0.2) is 0 Å². The fourth-order valence-corrected chi connectivity index (χ4v) is 4.30. The van der Waals surface area contributed by atoms with E-state index in [0.29, 0.717) is 15.9 Å². The molecule has 0 amide bonds. The Kier molecular flexibility index (Phi) is 5.50. The van der Waals surface area contributed by atoms with Crippen LogP contribution < -0.4 is 9.47 Å². The fraction of sp³-hybridized carbons (Fsp3) is 0.412. The van der Waals surface area contributed by atoms with Crippen molar-refractivity contribution in [3.05, 3.63) is 22.6 Å². The third-order valence-corrected chi connectivity index (χ3v) is 5.74. The molecule has 0 fully saturated rings. The van der Waals surface area contributed by atoms with Crippen molar-refractivity contribution in [3.63, 3.8) is 0 Å². The summed E-state index contributed by atoms with van der Waals surface area (Å²) in [6.07, 6.45) is 0.0546. The number of ether oxygens (including phenoxy) is 2. The van der Waals surface area contributed by atoms with E-state index in [9.17, 15) is 9.59 Å². The number of fused-ring (bicyclic) bond motifs is 1. The number of carbonyl (C=O) groups excluding carboxylic acids is 1. The van der Waals surface area contributed by atoms with Crippen molar-refractivity contribution in [2.45, 2.75) is 33.3 Å². The van der Waals surface area contributed by atoms with Crippen LogP contribution in [0.1, 0.15) is 36.4 Å². The molecule has 0 spiro atoms. The van der Waals surface area contributed by atoms with E-state index in [-0.39, 0.29) is 32.8 Å². The number of carboxylic acids is 1. The van der Waals surface area contributed by atoms with E-state index < -0.39 is 11.9 Å². The molecule has 2 rings (SSSR count). The number of hydrogen-bond donors (Lipinski definition) is 1. The molecule has 0 saturated heterocycles. The summed E-state index contributed by atoms with van der Waals surface area (Å²) in [5.41, 5.74) is 0. The Hall–Kier alpha value is -1.78. The molecule has 0 saturated carbocycles. The number of carboxylic acid groups (broad SMARTS) is 1. The number of benzene rings is 1. The van der Waals surface area contributed by atoms with Crippen molar-refractivity contribution in [2.75, 3.05) is 7.11 Å². The molecular weight excluding hydrogens is 363 g/mol. The van der Waals surface area contributed by atoms with Gasteiger partial charge in [0.2, 0.25) is 0 Å². The summed E-state index contributed by atoms with van der Waals surface area (Å²) < 4.78 is 12.9. The molecule has 1 atom stereocenters. The van der Waals surface area contributed by atoms with E-state index in [2.05, 4.69) is 0 Å². The summed E-state index contributed by atoms with van der Waals surface area (Å²) in [5, 5.41) is 9.89. The van der Waals surface area contributed by atoms with Gasteiger partial charge in [-0.25, -0.2) is 0 Å². The first kappa shape index (κ1) is 17.6. The number of methoxy groups -OCH3 is 1. The first-order valence-corrected chi connectivity index (χ1v) is 9.07. The Labute approximate surface area is 140 Å². The molecule has 1 heterocycles. The monoisotopic (exact) mass is 384 g/mol. The average molecular weight is 383 g/mol. The van der Waals surface area contributed by atoms with Gasteiger partial charge < -0.3 is 0 Å². The number of carbonyl (C=O) groups is 2. The molecule has 1 aromatic carbocycles. The number of Topliss-reactive ketones (excluding diaryl/α,β-unsaturated/α-hetero) is 1. The Balaban J connectivity index is 2.34. The van der Waals surface area contributed by atoms with Crippen LogP contribution in [-0.4, -0.2) is 44.6 Å². The van der Waals surface area contributed by atoms with Crippen LogP contribution in [0.2, 0.25) is 0 Å². The first-order chi connectivity index (χ1) is 10.8. The maximum absolute atomic E-state index is 12.3. The molecule has 5 nitrogen and oxygen atoms in total. The maximum atomic E-state index is 12.3. The van der Waals surface area contributed by atoms with Crippen LogP contribution >= 0.6 is 0 Å². The molecule has 0 aliphatic heterocycles. The minimum atomic E-state index is -0.948. The number of ketones is 1. The third-order valence-electron chi connectivity index (χ3n) is 3.35. The van der Waals surface area contributed by atoms with Gasteiger partial charge in [-0.3, -0.25) is 0 Å². The SMILES string of the molecule is COc1cc2[se]c(C(=O)CC(C)C(=O)O)cc2cc1OC(C)C. The molecule has 0 aliphatic carbocycles. The van der Waals surface area contributed by atoms with Crippen molar-refractivity contribution in [2.24, 2.45) is 5.92 Å². The van der Waals surface area contributed by atoms with Crippen LogP contribution in [0.3, 0.4) is 0 Å². The van der Waals surface area contributed by atoms with Crippen LogP contribution in [0.4, 0.5) is 0 Å². The van der Waals surface area contributed by atoms with Crippen molar-refractivity contribution >= 4 is 35.9 Å².